The van der Waals surface area contributed by atoms with E-state index < -0.39 is 0 Å². The van der Waals surface area contributed by atoms with E-state index >= 15 is 0 Å². The average Bonchev–Trinajstić information content (AvgIpc) is 2.89. The van der Waals surface area contributed by atoms with E-state index in [2.05, 4.69) is 12.1 Å². The monoisotopic (exact) mass is 290 g/mol. The highest BCUT2D eigenvalue weighted by Gasteiger charge is 2.24. The van der Waals surface area contributed by atoms with Crippen LogP contribution in [0.5, 0.6) is 0 Å². The maximum Gasteiger partial charge on any atom is 0.281 e. The summed E-state index contributed by atoms with van der Waals surface area (Å²) in [4.78, 5) is 27.4. The smallest absolute Gasteiger partial charge is 0.281 e. The first-order chi connectivity index (χ1) is 9.74. The highest BCUT2D eigenvalue weighted by Crippen LogP contribution is 2.20. The van der Waals surface area contributed by atoms with E-state index in [0.717, 1.165) is 25.3 Å². The second-order valence-corrected chi connectivity index (χ2v) is 6.23. The lowest BCUT2D eigenvalue weighted by Gasteiger charge is -2.29. The molecule has 0 bridgehead atoms. The number of rotatable bonds is 3. The Labute approximate surface area is 123 Å². The first kappa shape index (κ1) is 13.5. The van der Waals surface area contributed by atoms with Crippen LogP contribution in [0.15, 0.2) is 24.3 Å². The summed E-state index contributed by atoms with van der Waals surface area (Å²) in [7, 11) is 0. The molecule has 0 aromatic heterocycles. The van der Waals surface area contributed by atoms with Gasteiger partial charge in [0.25, 0.3) is 5.24 Å². The molecular weight excluding hydrogens is 272 g/mol. The maximum absolute atomic E-state index is 12.3. The fourth-order valence-corrected chi connectivity index (χ4v) is 3.58. The molecule has 2 heterocycles. The van der Waals surface area contributed by atoms with Crippen LogP contribution in [-0.4, -0.2) is 46.3 Å². The Morgan fingerprint density at radius 2 is 2.00 bits per heavy atom. The van der Waals surface area contributed by atoms with Gasteiger partial charge in [-0.25, -0.2) is 0 Å². The van der Waals surface area contributed by atoms with Gasteiger partial charge in [0, 0.05) is 38.4 Å². The number of benzene rings is 1. The molecule has 5 heteroatoms. The van der Waals surface area contributed by atoms with Gasteiger partial charge in [0.05, 0.1) is 0 Å². The van der Waals surface area contributed by atoms with Crippen molar-refractivity contribution in [3.05, 3.63) is 35.4 Å². The van der Waals surface area contributed by atoms with Gasteiger partial charge in [-0.15, -0.1) is 0 Å². The van der Waals surface area contributed by atoms with E-state index in [-0.39, 0.29) is 11.1 Å². The molecule has 4 nitrogen and oxygen atoms in total. The second kappa shape index (κ2) is 5.87. The minimum atomic E-state index is 0.113. The maximum atomic E-state index is 12.3. The minimum absolute atomic E-state index is 0.113. The van der Waals surface area contributed by atoms with Gasteiger partial charge in [0.1, 0.15) is 0 Å². The molecule has 20 heavy (non-hydrogen) atoms. The third-order valence-electron chi connectivity index (χ3n) is 3.92. The third kappa shape index (κ3) is 2.82. The Morgan fingerprint density at radius 1 is 1.20 bits per heavy atom. The van der Waals surface area contributed by atoms with E-state index in [1.165, 1.54) is 22.9 Å². The predicted molar refractivity (Wildman–Crippen MR) is 79.6 cm³/mol. The van der Waals surface area contributed by atoms with Gasteiger partial charge in [-0.1, -0.05) is 36.0 Å². The molecule has 2 aliphatic heterocycles. The highest BCUT2D eigenvalue weighted by molar-refractivity contribution is 8.13. The Kier molecular flexibility index (Phi) is 3.96. The zero-order valence-electron chi connectivity index (χ0n) is 11.4. The Morgan fingerprint density at radius 3 is 2.75 bits per heavy atom. The quantitative estimate of drug-likeness (QED) is 0.856. The van der Waals surface area contributed by atoms with Crippen LogP contribution in [-0.2, 0) is 17.8 Å². The van der Waals surface area contributed by atoms with Gasteiger partial charge < -0.3 is 9.80 Å². The molecule has 1 fully saturated rings. The lowest BCUT2D eigenvalue weighted by molar-refractivity contribution is -0.132. The number of thioether (sulfide) groups is 1. The Balaban J connectivity index is 1.55. The van der Waals surface area contributed by atoms with Gasteiger partial charge in [-0.3, -0.25) is 9.59 Å². The summed E-state index contributed by atoms with van der Waals surface area (Å²) in [5.41, 5.74) is 2.60. The molecule has 0 atom stereocenters. The first-order valence-electron chi connectivity index (χ1n) is 7.00. The normalized spacial score (nSPS) is 18.3. The van der Waals surface area contributed by atoms with Crippen LogP contribution in [0.1, 0.15) is 17.5 Å². The van der Waals surface area contributed by atoms with Crippen LogP contribution in [0.3, 0.4) is 0 Å². The van der Waals surface area contributed by atoms with Crippen molar-refractivity contribution in [3.63, 3.8) is 0 Å². The van der Waals surface area contributed by atoms with E-state index in [1.807, 2.05) is 17.0 Å². The molecule has 0 N–H and O–H groups in total. The largest absolute Gasteiger partial charge is 0.338 e. The van der Waals surface area contributed by atoms with Crippen LogP contribution in [0, 0.1) is 0 Å². The number of nitrogens with zero attached hydrogens (tertiary/aromatic N) is 2. The predicted octanol–water partition coefficient (Wildman–Crippen LogP) is 2.13. The first-order valence-corrected chi connectivity index (χ1v) is 7.99. The van der Waals surface area contributed by atoms with Crippen LogP contribution in [0.2, 0.25) is 0 Å². The fourth-order valence-electron chi connectivity index (χ4n) is 2.73. The Bertz CT molecular complexity index is 532. The number of carbonyl (C=O) groups is 2. The number of hydrogen-bond donors (Lipinski definition) is 0. The summed E-state index contributed by atoms with van der Waals surface area (Å²) in [5.74, 6) is 1.01. The van der Waals surface area contributed by atoms with Crippen molar-refractivity contribution >= 4 is 22.9 Å². The Hall–Kier alpha value is -1.49. The van der Waals surface area contributed by atoms with Gasteiger partial charge in [-0.05, 0) is 17.5 Å². The summed E-state index contributed by atoms with van der Waals surface area (Å²) >= 11 is 1.35. The van der Waals surface area contributed by atoms with Crippen molar-refractivity contribution in [1.82, 2.24) is 9.80 Å². The van der Waals surface area contributed by atoms with Gasteiger partial charge in [0.2, 0.25) is 5.91 Å². The molecule has 106 valence electrons. The zero-order chi connectivity index (χ0) is 13.9. The van der Waals surface area contributed by atoms with Crippen molar-refractivity contribution in [2.75, 3.05) is 25.4 Å². The molecule has 0 unspecified atom stereocenters. The van der Waals surface area contributed by atoms with Crippen molar-refractivity contribution in [2.45, 2.75) is 19.4 Å². The van der Waals surface area contributed by atoms with E-state index in [4.69, 9.17) is 0 Å². The summed E-state index contributed by atoms with van der Waals surface area (Å²) in [6.07, 6.45) is 1.37. The molecule has 0 radical (unpaired) electrons. The average molecular weight is 290 g/mol. The SMILES string of the molecule is O=C(CCN1CCSC1=O)N1CCc2ccccc2C1. The molecule has 1 saturated heterocycles. The topological polar surface area (TPSA) is 40.6 Å². The molecule has 2 amide bonds. The fraction of sp³-hybridized carbons (Fsp3) is 0.467. The van der Waals surface area contributed by atoms with Gasteiger partial charge >= 0.3 is 0 Å². The van der Waals surface area contributed by atoms with E-state index in [0.29, 0.717) is 19.5 Å². The van der Waals surface area contributed by atoms with E-state index in [9.17, 15) is 9.59 Å². The standard InChI is InChI=1S/C15H18N2O2S/c18-14(6-8-16-9-10-20-15(16)19)17-7-5-12-3-1-2-4-13(12)11-17/h1-4H,5-11H2. The summed E-state index contributed by atoms with van der Waals surface area (Å²) in [6.45, 7) is 2.83. The van der Waals surface area contributed by atoms with Crippen molar-refractivity contribution < 1.29 is 9.59 Å². The van der Waals surface area contributed by atoms with Crippen molar-refractivity contribution in [2.24, 2.45) is 0 Å². The number of hydrogen-bond acceptors (Lipinski definition) is 3. The molecule has 1 aromatic carbocycles. The summed E-state index contributed by atoms with van der Waals surface area (Å²) in [5, 5.41) is 0.113. The lowest BCUT2D eigenvalue weighted by Crippen LogP contribution is -2.38. The minimum Gasteiger partial charge on any atom is -0.338 e. The van der Waals surface area contributed by atoms with Gasteiger partial charge in [-0.2, -0.15) is 0 Å². The third-order valence-corrected chi connectivity index (χ3v) is 4.82. The number of carbonyl (C=O) groups excluding carboxylic acids is 2. The van der Waals surface area contributed by atoms with Gasteiger partial charge in [0.15, 0.2) is 0 Å². The molecule has 0 spiro atoms. The van der Waals surface area contributed by atoms with Crippen molar-refractivity contribution in [1.29, 1.82) is 0 Å². The summed E-state index contributed by atoms with van der Waals surface area (Å²) in [6, 6.07) is 8.30. The number of amides is 2. The molecular formula is C15H18N2O2S. The molecule has 3 rings (SSSR count). The zero-order valence-corrected chi connectivity index (χ0v) is 12.2. The number of fused-ring (bicyclic) bond motifs is 1. The van der Waals surface area contributed by atoms with Crippen LogP contribution >= 0.6 is 11.8 Å². The van der Waals surface area contributed by atoms with E-state index in [1.54, 1.807) is 4.90 Å². The summed E-state index contributed by atoms with van der Waals surface area (Å²) < 4.78 is 0. The van der Waals surface area contributed by atoms with Crippen LogP contribution in [0.4, 0.5) is 4.79 Å². The molecule has 0 aliphatic carbocycles. The second-order valence-electron chi connectivity index (χ2n) is 5.19. The lowest BCUT2D eigenvalue weighted by atomic mass is 10.00. The molecule has 1 aromatic rings. The van der Waals surface area contributed by atoms with Crippen LogP contribution in [0.25, 0.3) is 0 Å². The molecule has 0 saturated carbocycles. The van der Waals surface area contributed by atoms with Crippen LogP contribution < -0.4 is 0 Å². The van der Waals surface area contributed by atoms with Crippen molar-refractivity contribution in [3.8, 4) is 0 Å². The highest BCUT2D eigenvalue weighted by atomic mass is 32.2. The molecule has 2 aliphatic rings.